The molecule has 1 aromatic rings. The summed E-state index contributed by atoms with van der Waals surface area (Å²) in [5.41, 5.74) is 0.684. The molecule has 1 saturated carbocycles. The molecule has 0 aliphatic heterocycles. The summed E-state index contributed by atoms with van der Waals surface area (Å²) in [5.74, 6) is 1.32. The summed E-state index contributed by atoms with van der Waals surface area (Å²) < 4.78 is 10.4. The van der Waals surface area contributed by atoms with Crippen LogP contribution in [0.2, 0.25) is 5.02 Å². The highest BCUT2D eigenvalue weighted by Crippen LogP contribution is 2.35. The Bertz CT molecular complexity index is 621. The first kappa shape index (κ1) is 19.4. The van der Waals surface area contributed by atoms with E-state index in [9.17, 15) is 4.79 Å². The number of hydrogen-bond acceptors (Lipinski definition) is 5. The molecule has 0 heterocycles. The molecule has 1 fully saturated rings. The van der Waals surface area contributed by atoms with Crippen LogP contribution >= 0.6 is 11.6 Å². The predicted octanol–water partition coefficient (Wildman–Crippen LogP) is 3.40. The minimum Gasteiger partial charge on any atom is -0.493 e. The standard InChI is InChI=1S/C18H25ClN2O4/c1-12-6-4-5-7-15(12)21-17(22)11-25-20-10-13-8-14(19)18(24-3)16(9-13)23-2/h8-10,12,15H,4-7,11H2,1-3H3,(H,21,22)/b20-10-/t12-,15-/m1/s1. The largest absolute Gasteiger partial charge is 0.493 e. The maximum atomic E-state index is 11.9. The van der Waals surface area contributed by atoms with Crippen LogP contribution < -0.4 is 14.8 Å². The Morgan fingerprint density at radius 3 is 2.76 bits per heavy atom. The summed E-state index contributed by atoms with van der Waals surface area (Å²) in [4.78, 5) is 17.0. The van der Waals surface area contributed by atoms with Crippen molar-refractivity contribution in [2.24, 2.45) is 11.1 Å². The van der Waals surface area contributed by atoms with Gasteiger partial charge in [-0.1, -0.05) is 36.5 Å². The quantitative estimate of drug-likeness (QED) is 0.591. The van der Waals surface area contributed by atoms with Crippen molar-refractivity contribution in [3.63, 3.8) is 0 Å². The van der Waals surface area contributed by atoms with Gasteiger partial charge in [0.2, 0.25) is 0 Å². The number of amides is 1. The fourth-order valence-electron chi connectivity index (χ4n) is 2.99. The molecule has 2 atom stereocenters. The number of oxime groups is 1. The maximum Gasteiger partial charge on any atom is 0.261 e. The summed E-state index contributed by atoms with van der Waals surface area (Å²) in [7, 11) is 3.05. The molecule has 7 heteroatoms. The van der Waals surface area contributed by atoms with Crippen LogP contribution in [-0.4, -0.2) is 39.0 Å². The van der Waals surface area contributed by atoms with Gasteiger partial charge in [-0.2, -0.15) is 0 Å². The number of methoxy groups -OCH3 is 2. The molecule has 1 N–H and O–H groups in total. The molecule has 25 heavy (non-hydrogen) atoms. The van der Waals surface area contributed by atoms with Crippen molar-refractivity contribution in [2.45, 2.75) is 38.6 Å². The predicted molar refractivity (Wildman–Crippen MR) is 97.7 cm³/mol. The van der Waals surface area contributed by atoms with Gasteiger partial charge in [-0.3, -0.25) is 4.79 Å². The number of nitrogens with one attached hydrogen (secondary N) is 1. The molecule has 0 aromatic heterocycles. The highest BCUT2D eigenvalue weighted by atomic mass is 35.5. The van der Waals surface area contributed by atoms with Gasteiger partial charge in [-0.15, -0.1) is 0 Å². The third kappa shape index (κ3) is 5.53. The molecule has 0 saturated heterocycles. The molecule has 138 valence electrons. The van der Waals surface area contributed by atoms with Crippen LogP contribution in [0.3, 0.4) is 0 Å². The fourth-order valence-corrected chi connectivity index (χ4v) is 3.28. The lowest BCUT2D eigenvalue weighted by Gasteiger charge is -2.29. The molecule has 0 spiro atoms. The number of halogens is 1. The van der Waals surface area contributed by atoms with E-state index in [0.29, 0.717) is 28.0 Å². The zero-order chi connectivity index (χ0) is 18.2. The molecule has 6 nitrogen and oxygen atoms in total. The summed E-state index contributed by atoms with van der Waals surface area (Å²) in [6.45, 7) is 2.06. The fraction of sp³-hybridized carbons (Fsp3) is 0.556. The van der Waals surface area contributed by atoms with E-state index in [2.05, 4.69) is 17.4 Å². The highest BCUT2D eigenvalue weighted by Gasteiger charge is 2.22. The van der Waals surface area contributed by atoms with Gasteiger partial charge >= 0.3 is 0 Å². The van der Waals surface area contributed by atoms with Crippen LogP contribution in [0.4, 0.5) is 0 Å². The zero-order valence-electron chi connectivity index (χ0n) is 14.9. The van der Waals surface area contributed by atoms with Gasteiger partial charge in [0.15, 0.2) is 18.1 Å². The molecule has 0 radical (unpaired) electrons. The Labute approximate surface area is 153 Å². The van der Waals surface area contributed by atoms with E-state index in [1.54, 1.807) is 12.1 Å². The van der Waals surface area contributed by atoms with E-state index < -0.39 is 0 Å². The SMILES string of the molecule is COc1cc(/C=N\OCC(=O)N[C@@H]2CCCC[C@H]2C)cc(Cl)c1OC. The Morgan fingerprint density at radius 2 is 2.08 bits per heavy atom. The Morgan fingerprint density at radius 1 is 1.32 bits per heavy atom. The third-order valence-corrected chi connectivity index (χ3v) is 4.67. The first-order valence-corrected chi connectivity index (χ1v) is 8.79. The number of hydrogen-bond donors (Lipinski definition) is 1. The number of nitrogens with zero attached hydrogens (tertiary/aromatic N) is 1. The molecule has 0 unspecified atom stereocenters. The van der Waals surface area contributed by atoms with Crippen molar-refractivity contribution in [1.82, 2.24) is 5.32 Å². The zero-order valence-corrected chi connectivity index (χ0v) is 15.6. The number of carbonyl (C=O) groups excluding carboxylic acids is 1. The van der Waals surface area contributed by atoms with Crippen molar-refractivity contribution in [2.75, 3.05) is 20.8 Å². The van der Waals surface area contributed by atoms with Crippen molar-refractivity contribution in [3.05, 3.63) is 22.7 Å². The van der Waals surface area contributed by atoms with E-state index in [1.165, 1.54) is 26.9 Å². The van der Waals surface area contributed by atoms with Crippen LogP contribution in [-0.2, 0) is 9.63 Å². The molecule has 0 bridgehead atoms. The van der Waals surface area contributed by atoms with Gasteiger partial charge in [0.1, 0.15) is 0 Å². The van der Waals surface area contributed by atoms with Gasteiger partial charge in [0, 0.05) is 11.6 Å². The minimum absolute atomic E-state index is 0.110. The molecule has 1 aliphatic rings. The van der Waals surface area contributed by atoms with E-state index in [0.717, 1.165) is 19.3 Å². The van der Waals surface area contributed by atoms with Gasteiger partial charge < -0.3 is 19.6 Å². The van der Waals surface area contributed by atoms with E-state index in [4.69, 9.17) is 25.9 Å². The average Bonchev–Trinajstić information content (AvgIpc) is 2.60. The highest BCUT2D eigenvalue weighted by molar-refractivity contribution is 6.32. The lowest BCUT2D eigenvalue weighted by atomic mass is 9.86. The Hall–Kier alpha value is -1.95. The number of benzene rings is 1. The molecular formula is C18H25ClN2O4. The van der Waals surface area contributed by atoms with Crippen molar-refractivity contribution < 1.29 is 19.1 Å². The number of ether oxygens (including phenoxy) is 2. The molecule has 1 aliphatic carbocycles. The molecule has 1 amide bonds. The Kier molecular flexibility index (Phi) is 7.37. The summed E-state index contributed by atoms with van der Waals surface area (Å²) in [5, 5.41) is 7.25. The smallest absolute Gasteiger partial charge is 0.261 e. The average molecular weight is 369 g/mol. The lowest BCUT2D eigenvalue weighted by Crippen LogP contribution is -2.42. The second-order valence-corrected chi connectivity index (χ2v) is 6.59. The lowest BCUT2D eigenvalue weighted by molar-refractivity contribution is -0.126. The van der Waals surface area contributed by atoms with Crippen molar-refractivity contribution in [1.29, 1.82) is 0 Å². The second kappa shape index (κ2) is 9.51. The summed E-state index contributed by atoms with van der Waals surface area (Å²) in [6.07, 6.45) is 6.06. The Balaban J connectivity index is 1.84. The second-order valence-electron chi connectivity index (χ2n) is 6.18. The summed E-state index contributed by atoms with van der Waals surface area (Å²) in [6, 6.07) is 3.64. The van der Waals surface area contributed by atoms with Crippen molar-refractivity contribution in [3.8, 4) is 11.5 Å². The van der Waals surface area contributed by atoms with Gasteiger partial charge in [0.05, 0.1) is 25.5 Å². The van der Waals surface area contributed by atoms with Crippen LogP contribution in [0.25, 0.3) is 0 Å². The van der Waals surface area contributed by atoms with Crippen molar-refractivity contribution >= 4 is 23.7 Å². The van der Waals surface area contributed by atoms with Gasteiger partial charge in [0.25, 0.3) is 5.91 Å². The third-order valence-electron chi connectivity index (χ3n) is 4.39. The number of rotatable bonds is 7. The maximum absolute atomic E-state index is 11.9. The van der Waals surface area contributed by atoms with Crippen LogP contribution in [0.5, 0.6) is 11.5 Å². The number of carbonyl (C=O) groups is 1. The van der Waals surface area contributed by atoms with E-state index in [-0.39, 0.29) is 18.6 Å². The van der Waals surface area contributed by atoms with Gasteiger partial charge in [-0.25, -0.2) is 0 Å². The van der Waals surface area contributed by atoms with E-state index >= 15 is 0 Å². The first-order chi connectivity index (χ1) is 12.0. The van der Waals surface area contributed by atoms with E-state index in [1.807, 2.05) is 0 Å². The monoisotopic (exact) mass is 368 g/mol. The first-order valence-electron chi connectivity index (χ1n) is 8.41. The molecule has 2 rings (SSSR count). The topological polar surface area (TPSA) is 69.2 Å². The normalized spacial score (nSPS) is 20.3. The van der Waals surface area contributed by atoms with Crippen LogP contribution in [0.1, 0.15) is 38.2 Å². The molecule has 1 aromatic carbocycles. The summed E-state index contributed by atoms with van der Waals surface area (Å²) >= 11 is 6.13. The van der Waals surface area contributed by atoms with Crippen LogP contribution in [0, 0.1) is 5.92 Å². The van der Waals surface area contributed by atoms with Gasteiger partial charge in [-0.05, 0) is 30.9 Å². The minimum atomic E-state index is -0.152. The molecular weight excluding hydrogens is 344 g/mol. The van der Waals surface area contributed by atoms with Crippen LogP contribution in [0.15, 0.2) is 17.3 Å².